The molecule has 118 valence electrons. The van der Waals surface area contributed by atoms with Crippen LogP contribution in [-0.4, -0.2) is 11.1 Å². The van der Waals surface area contributed by atoms with Gasteiger partial charge in [0.1, 0.15) is 0 Å². The first-order valence-corrected chi connectivity index (χ1v) is 7.43. The van der Waals surface area contributed by atoms with Crippen LogP contribution in [0.15, 0.2) is 39.7 Å². The van der Waals surface area contributed by atoms with E-state index in [9.17, 15) is 18.0 Å². The van der Waals surface area contributed by atoms with E-state index >= 15 is 0 Å². The van der Waals surface area contributed by atoms with Gasteiger partial charge in [0.25, 0.3) is 5.91 Å². The topological polar surface area (TPSA) is 41.5 Å². The van der Waals surface area contributed by atoms with Gasteiger partial charge in [-0.25, -0.2) is 0 Å². The second-order valence-corrected chi connectivity index (χ2v) is 6.10. The maximum atomic E-state index is 13.0. The van der Waals surface area contributed by atoms with E-state index in [4.69, 9.17) is 0 Å². The van der Waals surface area contributed by atoms with Gasteiger partial charge in [-0.1, -0.05) is 23.8 Å². The fraction of sp³-hybridized carbons (Fsp3) is 0.333. The molecule has 0 saturated carbocycles. The van der Waals surface area contributed by atoms with Crippen molar-refractivity contribution in [3.63, 3.8) is 0 Å². The largest absolute Gasteiger partial charge is 0.416 e. The highest BCUT2D eigenvalue weighted by Gasteiger charge is 2.34. The number of allylic oxidation sites excluding steroid dienone is 1. The number of thioether (sulfide) groups is 1. The molecule has 3 nitrogen and oxygen atoms in total. The Morgan fingerprint density at radius 3 is 2.45 bits per heavy atom. The molecule has 1 aliphatic heterocycles. The Hall–Kier alpha value is -1.76. The van der Waals surface area contributed by atoms with E-state index in [-0.39, 0.29) is 11.5 Å². The molecular formula is C15H15F3N2OS. The highest BCUT2D eigenvalue weighted by molar-refractivity contribution is 8.18. The van der Waals surface area contributed by atoms with Crippen LogP contribution in [0.5, 0.6) is 0 Å². The van der Waals surface area contributed by atoms with E-state index in [0.717, 1.165) is 23.4 Å². The number of amides is 1. The van der Waals surface area contributed by atoms with Gasteiger partial charge in [-0.2, -0.15) is 18.2 Å². The Morgan fingerprint density at radius 2 is 1.91 bits per heavy atom. The number of hydrogen-bond acceptors (Lipinski definition) is 3. The number of carbonyl (C=O) groups is 1. The third-order valence-electron chi connectivity index (χ3n) is 3.12. The third-order valence-corrected chi connectivity index (χ3v) is 4.31. The molecule has 7 heteroatoms. The van der Waals surface area contributed by atoms with Gasteiger partial charge < -0.3 is 5.32 Å². The van der Waals surface area contributed by atoms with Crippen molar-refractivity contribution in [2.75, 3.05) is 0 Å². The van der Waals surface area contributed by atoms with Gasteiger partial charge in [-0.15, -0.1) is 0 Å². The summed E-state index contributed by atoms with van der Waals surface area (Å²) in [5.74, 6) is -0.358. The van der Waals surface area contributed by atoms with Crippen LogP contribution >= 0.6 is 11.8 Å². The fourth-order valence-electron chi connectivity index (χ4n) is 2.08. The van der Waals surface area contributed by atoms with E-state index in [0.29, 0.717) is 10.1 Å². The summed E-state index contributed by atoms with van der Waals surface area (Å²) in [6.07, 6.45) is -4.42. The Kier molecular flexibility index (Phi) is 4.65. The monoisotopic (exact) mass is 328 g/mol. The highest BCUT2D eigenvalue weighted by atomic mass is 32.2. The first-order chi connectivity index (χ1) is 10.2. The molecule has 0 spiro atoms. The van der Waals surface area contributed by atoms with Gasteiger partial charge in [0.05, 0.1) is 16.5 Å². The lowest BCUT2D eigenvalue weighted by Crippen LogP contribution is -2.25. The lowest BCUT2D eigenvalue weighted by atomic mass is 10.0. The molecule has 2 rings (SSSR count). The molecule has 0 radical (unpaired) electrons. The van der Waals surface area contributed by atoms with Crippen LogP contribution in [0.25, 0.3) is 0 Å². The van der Waals surface area contributed by atoms with Crippen molar-refractivity contribution in [3.05, 3.63) is 45.9 Å². The molecule has 0 saturated heterocycles. The number of rotatable bonds is 2. The van der Waals surface area contributed by atoms with Gasteiger partial charge in [-0.3, -0.25) is 4.79 Å². The van der Waals surface area contributed by atoms with Gasteiger partial charge in [0, 0.05) is 0 Å². The maximum Gasteiger partial charge on any atom is 0.416 e. The molecule has 0 aromatic heterocycles. The number of amidine groups is 1. The number of alkyl halides is 3. The standard InChI is InChI=1S/C15H15F3N2OS/c1-8(2)12-13(21)20-14(22-12)19-9(3)10-6-4-5-7-11(10)15(16,17)18/h4-7,9H,1-3H3,(H,19,20,21)/t9-/m1/s1. The molecule has 1 amide bonds. The Morgan fingerprint density at radius 1 is 1.27 bits per heavy atom. The van der Waals surface area contributed by atoms with Crippen LogP contribution in [0.4, 0.5) is 13.2 Å². The molecule has 1 atom stereocenters. The van der Waals surface area contributed by atoms with E-state index in [1.165, 1.54) is 12.1 Å². The molecule has 0 unspecified atom stereocenters. The third kappa shape index (κ3) is 3.52. The minimum Gasteiger partial charge on any atom is -0.358 e. The van der Waals surface area contributed by atoms with Crippen molar-refractivity contribution in [1.29, 1.82) is 0 Å². The molecule has 22 heavy (non-hydrogen) atoms. The molecule has 1 N–H and O–H groups in total. The van der Waals surface area contributed by atoms with E-state index in [1.54, 1.807) is 26.8 Å². The van der Waals surface area contributed by atoms with Crippen LogP contribution in [0.3, 0.4) is 0 Å². The van der Waals surface area contributed by atoms with Gasteiger partial charge in [-0.05, 0) is 44.2 Å². The molecule has 1 aromatic carbocycles. The van der Waals surface area contributed by atoms with Crippen LogP contribution in [0, 0.1) is 0 Å². The Balaban J connectivity index is 2.22. The van der Waals surface area contributed by atoms with Gasteiger partial charge in [0.15, 0.2) is 5.17 Å². The first kappa shape index (κ1) is 16.6. The molecule has 0 bridgehead atoms. The summed E-state index contributed by atoms with van der Waals surface area (Å²) in [5.41, 5.74) is 0.266. The zero-order chi connectivity index (χ0) is 16.5. The SMILES string of the molecule is CC(C)=C1SC(N[C@H](C)c2ccccc2C(F)(F)F)=NC1=O. The number of halogens is 3. The number of benzene rings is 1. The predicted octanol–water partition coefficient (Wildman–Crippen LogP) is 4.28. The number of nitrogens with zero attached hydrogens (tertiary/aromatic N) is 1. The maximum absolute atomic E-state index is 13.0. The van der Waals surface area contributed by atoms with Crippen LogP contribution < -0.4 is 5.32 Å². The Bertz CT molecular complexity index is 661. The average Bonchev–Trinajstić information content (AvgIpc) is 2.78. The van der Waals surface area contributed by atoms with Crippen LogP contribution in [0.1, 0.15) is 37.9 Å². The zero-order valence-electron chi connectivity index (χ0n) is 12.3. The lowest BCUT2D eigenvalue weighted by molar-refractivity contribution is -0.138. The minimum absolute atomic E-state index is 0.122. The number of aliphatic imine (C=N–C) groups is 1. The smallest absolute Gasteiger partial charge is 0.358 e. The number of carbonyl (C=O) groups excluding carboxylic acids is 1. The van der Waals surface area contributed by atoms with Crippen molar-refractivity contribution in [1.82, 2.24) is 5.32 Å². The van der Waals surface area contributed by atoms with E-state index < -0.39 is 17.8 Å². The zero-order valence-corrected chi connectivity index (χ0v) is 13.1. The summed E-state index contributed by atoms with van der Waals surface area (Å²) in [4.78, 5) is 16.0. The summed E-state index contributed by atoms with van der Waals surface area (Å²) in [6.45, 7) is 5.20. The lowest BCUT2D eigenvalue weighted by Gasteiger charge is -2.19. The van der Waals surface area contributed by atoms with Crippen molar-refractivity contribution in [2.24, 2.45) is 4.99 Å². The number of hydrogen-bond donors (Lipinski definition) is 1. The summed E-state index contributed by atoms with van der Waals surface area (Å²) in [5, 5.41) is 3.21. The fourth-order valence-corrected chi connectivity index (χ4v) is 2.97. The van der Waals surface area contributed by atoms with Crippen molar-refractivity contribution >= 4 is 22.8 Å². The summed E-state index contributed by atoms with van der Waals surface area (Å²) in [7, 11) is 0. The second-order valence-electron chi connectivity index (χ2n) is 5.10. The van der Waals surface area contributed by atoms with E-state index in [2.05, 4.69) is 10.3 Å². The van der Waals surface area contributed by atoms with Crippen molar-refractivity contribution in [3.8, 4) is 0 Å². The normalized spacial score (nSPS) is 16.5. The van der Waals surface area contributed by atoms with Crippen molar-refractivity contribution < 1.29 is 18.0 Å². The number of nitrogens with one attached hydrogen (secondary N) is 1. The van der Waals surface area contributed by atoms with Crippen molar-refractivity contribution in [2.45, 2.75) is 33.0 Å². The highest BCUT2D eigenvalue weighted by Crippen LogP contribution is 2.35. The van der Waals surface area contributed by atoms with E-state index in [1.807, 2.05) is 0 Å². The average molecular weight is 328 g/mol. The Labute approximate surface area is 130 Å². The van der Waals surface area contributed by atoms with Gasteiger partial charge >= 0.3 is 6.18 Å². The molecule has 0 fully saturated rings. The van der Waals surface area contributed by atoms with Crippen LogP contribution in [0.2, 0.25) is 0 Å². The van der Waals surface area contributed by atoms with Gasteiger partial charge in [0.2, 0.25) is 0 Å². The van der Waals surface area contributed by atoms with Crippen LogP contribution in [-0.2, 0) is 11.0 Å². The molecule has 0 aliphatic carbocycles. The summed E-state index contributed by atoms with van der Waals surface area (Å²) >= 11 is 1.15. The minimum atomic E-state index is -4.42. The second kappa shape index (κ2) is 6.16. The molecule has 1 heterocycles. The predicted molar refractivity (Wildman–Crippen MR) is 81.4 cm³/mol. The summed E-state index contributed by atoms with van der Waals surface area (Å²) < 4.78 is 39.1. The quantitative estimate of drug-likeness (QED) is 0.824. The molecular weight excluding hydrogens is 313 g/mol. The molecule has 1 aromatic rings. The molecule has 1 aliphatic rings. The summed E-state index contributed by atoms with van der Waals surface area (Å²) in [6, 6.07) is 4.76. The first-order valence-electron chi connectivity index (χ1n) is 6.61.